The van der Waals surface area contributed by atoms with Crippen LogP contribution in [0.2, 0.25) is 0 Å². The van der Waals surface area contributed by atoms with Gasteiger partial charge in [0.1, 0.15) is 13.2 Å². The van der Waals surface area contributed by atoms with Gasteiger partial charge in [0.25, 0.3) is 0 Å². The van der Waals surface area contributed by atoms with Gasteiger partial charge in [0.15, 0.2) is 0 Å². The number of carbonyl (C=O) groups excluding carboxylic acids is 2. The molecule has 0 saturated carbocycles. The number of benzene rings is 1. The molecule has 6 nitrogen and oxygen atoms in total. The number of methoxy groups -OCH3 is 1. The zero-order chi connectivity index (χ0) is 18.7. The van der Waals surface area contributed by atoms with Gasteiger partial charge >= 0.3 is 12.1 Å². The number of hydroxylamine groups is 2. The highest BCUT2D eigenvalue weighted by Crippen LogP contribution is 2.26. The van der Waals surface area contributed by atoms with Gasteiger partial charge in [-0.1, -0.05) is 65.1 Å². The summed E-state index contributed by atoms with van der Waals surface area (Å²) in [6.07, 6.45) is 0.550. The summed E-state index contributed by atoms with van der Waals surface area (Å²) in [5, 5.41) is 1.06. The van der Waals surface area contributed by atoms with E-state index in [1.54, 1.807) is 0 Å². The van der Waals surface area contributed by atoms with Gasteiger partial charge in [-0.2, -0.15) is 5.06 Å². The van der Waals surface area contributed by atoms with Gasteiger partial charge in [-0.15, -0.1) is 0 Å². The number of halogens is 3. The molecule has 1 aromatic carbocycles. The summed E-state index contributed by atoms with van der Waals surface area (Å²) in [5.41, 5.74) is 0.885. The minimum Gasteiger partial charge on any atom is -0.469 e. The molecular weight excluding hydrogens is 393 g/mol. The highest BCUT2D eigenvalue weighted by Gasteiger charge is 2.25. The average Bonchev–Trinajstić information content (AvgIpc) is 2.59. The summed E-state index contributed by atoms with van der Waals surface area (Å²) >= 11 is 16.7. The number of hydrogen-bond donors (Lipinski definition) is 0. The monoisotopic (exact) mass is 411 g/mol. The van der Waals surface area contributed by atoms with Crippen LogP contribution in [0.1, 0.15) is 24.8 Å². The molecule has 9 heteroatoms. The van der Waals surface area contributed by atoms with Crippen LogP contribution in [0.3, 0.4) is 0 Å². The van der Waals surface area contributed by atoms with Crippen molar-refractivity contribution >= 4 is 46.9 Å². The molecule has 1 aromatic rings. The van der Waals surface area contributed by atoms with E-state index in [4.69, 9.17) is 44.4 Å². The maximum atomic E-state index is 12.1. The fraction of sp³-hybridized carbons (Fsp3) is 0.500. The van der Waals surface area contributed by atoms with Crippen LogP contribution in [0.5, 0.6) is 0 Å². The molecule has 0 atom stereocenters. The van der Waals surface area contributed by atoms with Gasteiger partial charge in [-0.25, -0.2) is 4.79 Å². The Labute approximate surface area is 161 Å². The first kappa shape index (κ1) is 21.8. The molecular formula is C16H20Cl3NO5. The summed E-state index contributed by atoms with van der Waals surface area (Å²) < 4.78 is 7.79. The Balaban J connectivity index is 2.52. The fourth-order valence-electron chi connectivity index (χ4n) is 1.78. The predicted octanol–water partition coefficient (Wildman–Crippen LogP) is 4.27. The van der Waals surface area contributed by atoms with E-state index in [9.17, 15) is 9.59 Å². The summed E-state index contributed by atoms with van der Waals surface area (Å²) in [4.78, 5) is 28.7. The van der Waals surface area contributed by atoms with E-state index in [2.05, 4.69) is 4.74 Å². The van der Waals surface area contributed by atoms with Crippen LogP contribution >= 0.6 is 34.8 Å². The number of alkyl halides is 3. The van der Waals surface area contributed by atoms with E-state index in [0.29, 0.717) is 12.8 Å². The second kappa shape index (κ2) is 11.4. The zero-order valence-corrected chi connectivity index (χ0v) is 16.0. The van der Waals surface area contributed by atoms with Gasteiger partial charge < -0.3 is 9.47 Å². The van der Waals surface area contributed by atoms with Crippen molar-refractivity contribution in [2.24, 2.45) is 0 Å². The summed E-state index contributed by atoms with van der Waals surface area (Å²) in [6, 6.07) is 9.33. The van der Waals surface area contributed by atoms with Crippen molar-refractivity contribution in [3.63, 3.8) is 0 Å². The number of rotatable bonds is 9. The van der Waals surface area contributed by atoms with Crippen LogP contribution in [-0.2, 0) is 25.7 Å². The maximum absolute atomic E-state index is 12.1. The largest absolute Gasteiger partial charge is 0.469 e. The van der Waals surface area contributed by atoms with E-state index in [1.807, 2.05) is 30.3 Å². The Morgan fingerprint density at radius 3 is 2.40 bits per heavy atom. The minimum atomic E-state index is -1.70. The highest BCUT2D eigenvalue weighted by molar-refractivity contribution is 6.67. The van der Waals surface area contributed by atoms with Gasteiger partial charge in [0.2, 0.25) is 3.79 Å². The van der Waals surface area contributed by atoms with Crippen molar-refractivity contribution < 1.29 is 23.9 Å². The number of carbonyl (C=O) groups is 2. The third-order valence-corrected chi connectivity index (χ3v) is 3.34. The lowest BCUT2D eigenvalue weighted by Crippen LogP contribution is -2.34. The van der Waals surface area contributed by atoms with Crippen LogP contribution in [0, 0.1) is 0 Å². The Kier molecular flexibility index (Phi) is 9.97. The number of hydrogen-bond acceptors (Lipinski definition) is 5. The molecule has 25 heavy (non-hydrogen) atoms. The second-order valence-corrected chi connectivity index (χ2v) is 7.58. The number of amides is 1. The molecule has 0 aliphatic rings. The van der Waals surface area contributed by atoms with Crippen molar-refractivity contribution in [3.05, 3.63) is 35.9 Å². The van der Waals surface area contributed by atoms with Crippen molar-refractivity contribution in [2.45, 2.75) is 29.7 Å². The maximum Gasteiger partial charge on any atom is 0.434 e. The van der Waals surface area contributed by atoms with Crippen molar-refractivity contribution in [1.29, 1.82) is 0 Å². The van der Waals surface area contributed by atoms with Crippen LogP contribution in [0.25, 0.3) is 0 Å². The van der Waals surface area contributed by atoms with E-state index in [0.717, 1.165) is 10.6 Å². The van der Waals surface area contributed by atoms with E-state index < -0.39 is 16.5 Å². The molecule has 0 aromatic heterocycles. The van der Waals surface area contributed by atoms with Crippen LogP contribution in [0.4, 0.5) is 4.79 Å². The number of esters is 1. The van der Waals surface area contributed by atoms with E-state index >= 15 is 0 Å². The molecule has 1 amide bonds. The third-order valence-electron chi connectivity index (χ3n) is 3.01. The molecule has 0 heterocycles. The number of ether oxygens (including phenoxy) is 2. The molecule has 0 radical (unpaired) electrons. The SMILES string of the molecule is COC(=O)CCCCN(OCc1ccccc1)C(=O)OCC(Cl)(Cl)Cl. The lowest BCUT2D eigenvalue weighted by atomic mass is 10.2. The Bertz CT molecular complexity index is 536. The molecule has 0 fully saturated rings. The quantitative estimate of drug-likeness (QED) is 0.262. The van der Waals surface area contributed by atoms with Crippen molar-refractivity contribution in [3.8, 4) is 0 Å². The molecule has 0 N–H and O–H groups in total. The molecule has 0 spiro atoms. The molecule has 1 rings (SSSR count). The topological polar surface area (TPSA) is 65.1 Å². The first-order valence-corrected chi connectivity index (χ1v) is 8.70. The smallest absolute Gasteiger partial charge is 0.434 e. The van der Waals surface area contributed by atoms with Gasteiger partial charge in [-0.05, 0) is 18.4 Å². The lowest BCUT2D eigenvalue weighted by Gasteiger charge is -2.22. The zero-order valence-electron chi connectivity index (χ0n) is 13.8. The third kappa shape index (κ3) is 10.4. The highest BCUT2D eigenvalue weighted by atomic mass is 35.6. The minimum absolute atomic E-state index is 0.181. The molecule has 0 aliphatic heterocycles. The van der Waals surface area contributed by atoms with Crippen molar-refractivity contribution in [1.82, 2.24) is 5.06 Å². The van der Waals surface area contributed by atoms with Gasteiger partial charge in [0, 0.05) is 6.42 Å². The molecule has 140 valence electrons. The number of nitrogens with zero attached hydrogens (tertiary/aromatic N) is 1. The van der Waals surface area contributed by atoms with Crippen molar-refractivity contribution in [2.75, 3.05) is 20.3 Å². The van der Waals surface area contributed by atoms with Gasteiger partial charge in [0.05, 0.1) is 13.7 Å². The summed E-state index contributed by atoms with van der Waals surface area (Å²) in [7, 11) is 1.33. The van der Waals surface area contributed by atoms with Crippen LogP contribution in [0.15, 0.2) is 30.3 Å². The van der Waals surface area contributed by atoms with E-state index in [-0.39, 0.29) is 25.5 Å². The van der Waals surface area contributed by atoms with Crippen LogP contribution < -0.4 is 0 Å². The average molecular weight is 413 g/mol. The lowest BCUT2D eigenvalue weighted by molar-refractivity contribution is -0.148. The first-order chi connectivity index (χ1) is 11.8. The predicted molar refractivity (Wildman–Crippen MR) is 95.4 cm³/mol. The summed E-state index contributed by atoms with van der Waals surface area (Å²) in [6.45, 7) is 0.00703. The van der Waals surface area contributed by atoms with Gasteiger partial charge in [-0.3, -0.25) is 9.63 Å². The molecule has 0 unspecified atom stereocenters. The standard InChI is InChI=1S/C16H20Cl3NO5/c1-23-14(21)9-5-6-10-20(15(22)24-12-16(17,18)19)25-11-13-7-3-2-4-8-13/h2-4,7-8H,5-6,9-12H2,1H3. The molecule has 0 bridgehead atoms. The molecule has 0 saturated heterocycles. The number of unbranched alkanes of at least 4 members (excludes halogenated alkanes) is 1. The van der Waals surface area contributed by atoms with Crippen LogP contribution in [-0.4, -0.2) is 41.2 Å². The summed E-state index contributed by atoms with van der Waals surface area (Å²) in [5.74, 6) is -0.310. The Morgan fingerprint density at radius 1 is 1.12 bits per heavy atom. The normalized spacial score (nSPS) is 11.0. The molecule has 0 aliphatic carbocycles. The Hall–Kier alpha value is -1.21. The fourth-order valence-corrected chi connectivity index (χ4v) is 1.94. The second-order valence-electron chi connectivity index (χ2n) is 5.06. The Morgan fingerprint density at radius 2 is 1.80 bits per heavy atom. The first-order valence-electron chi connectivity index (χ1n) is 7.56. The van der Waals surface area contributed by atoms with E-state index in [1.165, 1.54) is 7.11 Å².